The van der Waals surface area contributed by atoms with Gasteiger partial charge in [-0.25, -0.2) is 0 Å². The van der Waals surface area contributed by atoms with Crippen LogP contribution in [0.3, 0.4) is 0 Å². The molecule has 0 fully saturated rings. The molecule has 0 N–H and O–H groups in total. The van der Waals surface area contributed by atoms with E-state index in [0.717, 1.165) is 23.5 Å². The minimum atomic E-state index is -6.18. The largest absolute Gasteiger partial charge is 0.525 e. The second-order valence-electron chi connectivity index (χ2n) is 5.92. The Labute approximate surface area is 162 Å². The first kappa shape index (κ1) is 20.6. The van der Waals surface area contributed by atoms with Crippen LogP contribution in [0.4, 0.5) is 13.2 Å². The molecule has 2 aromatic carbocycles. The normalized spacial score (nSPS) is 14.8. The Balaban J connectivity index is 2.07. The topological polar surface area (TPSA) is 80.8 Å². The van der Waals surface area contributed by atoms with Crippen LogP contribution in [0.5, 0.6) is 0 Å². The van der Waals surface area contributed by atoms with Gasteiger partial charge in [-0.05, 0) is 35.8 Å². The van der Waals surface area contributed by atoms with E-state index in [9.17, 15) is 31.2 Å². The van der Waals surface area contributed by atoms with Crippen molar-refractivity contribution in [2.24, 2.45) is 0 Å². The van der Waals surface area contributed by atoms with E-state index in [1.807, 2.05) is 6.92 Å². The van der Waals surface area contributed by atoms with Crippen molar-refractivity contribution in [2.45, 2.75) is 30.2 Å². The zero-order chi connectivity index (χ0) is 20.7. The SMILES string of the molecule is CCCCSc1ccc2c3c(cccc13)C(=O)N(OS(=O)(=O)C(F)(F)F)C2=O. The average molecular weight is 433 g/mol. The maximum Gasteiger partial charge on any atom is 0.525 e. The second-order valence-corrected chi connectivity index (χ2v) is 8.58. The van der Waals surface area contributed by atoms with Gasteiger partial charge in [-0.1, -0.05) is 25.5 Å². The fourth-order valence-electron chi connectivity index (χ4n) is 2.71. The standard InChI is InChI=1S/C17H14F3NO5S2/c1-2-3-9-27-13-8-7-12-14-10(13)5-4-6-11(14)15(22)21(16(12)23)26-28(24,25)17(18,19)20/h4-8H,2-3,9H2,1H3. The van der Waals surface area contributed by atoms with Gasteiger partial charge in [0, 0.05) is 10.3 Å². The summed E-state index contributed by atoms with van der Waals surface area (Å²) in [6, 6.07) is 7.48. The third-order valence-electron chi connectivity index (χ3n) is 4.04. The molecule has 3 rings (SSSR count). The predicted molar refractivity (Wildman–Crippen MR) is 96.1 cm³/mol. The highest BCUT2D eigenvalue weighted by molar-refractivity contribution is 7.99. The summed E-state index contributed by atoms with van der Waals surface area (Å²) in [5.74, 6) is -1.73. The van der Waals surface area contributed by atoms with Crippen LogP contribution in [0.1, 0.15) is 40.5 Å². The maximum absolute atomic E-state index is 12.6. The van der Waals surface area contributed by atoms with E-state index in [0.29, 0.717) is 5.39 Å². The number of thioether (sulfide) groups is 1. The lowest BCUT2D eigenvalue weighted by Crippen LogP contribution is -2.44. The molecule has 0 unspecified atom stereocenters. The van der Waals surface area contributed by atoms with E-state index in [4.69, 9.17) is 0 Å². The Morgan fingerprint density at radius 2 is 1.71 bits per heavy atom. The number of hydrogen-bond acceptors (Lipinski definition) is 6. The lowest BCUT2D eigenvalue weighted by Gasteiger charge is -2.26. The number of amides is 2. The zero-order valence-electron chi connectivity index (χ0n) is 14.4. The number of alkyl halides is 3. The van der Waals surface area contributed by atoms with Gasteiger partial charge in [0.15, 0.2) is 0 Å². The van der Waals surface area contributed by atoms with Crippen LogP contribution >= 0.6 is 11.8 Å². The number of benzene rings is 2. The van der Waals surface area contributed by atoms with E-state index >= 15 is 0 Å². The molecule has 0 bridgehead atoms. The third-order valence-corrected chi connectivity index (χ3v) is 6.11. The summed E-state index contributed by atoms with van der Waals surface area (Å²) >= 11 is 1.53. The van der Waals surface area contributed by atoms with E-state index in [1.165, 1.54) is 30.0 Å². The number of hydroxylamine groups is 2. The van der Waals surface area contributed by atoms with Crippen LogP contribution in [0.15, 0.2) is 35.2 Å². The van der Waals surface area contributed by atoms with E-state index < -0.39 is 27.4 Å². The van der Waals surface area contributed by atoms with Crippen LogP contribution in [0, 0.1) is 0 Å². The van der Waals surface area contributed by atoms with E-state index in [1.54, 1.807) is 12.1 Å². The molecule has 2 aromatic rings. The molecule has 0 saturated carbocycles. The van der Waals surface area contributed by atoms with Crippen molar-refractivity contribution in [3.63, 3.8) is 0 Å². The summed E-state index contributed by atoms with van der Waals surface area (Å²) in [5, 5.41) is 0.503. The Bertz CT molecular complexity index is 1040. The molecule has 0 radical (unpaired) electrons. The average Bonchev–Trinajstić information content (AvgIpc) is 2.63. The Morgan fingerprint density at radius 3 is 2.32 bits per heavy atom. The molecule has 150 valence electrons. The van der Waals surface area contributed by atoms with Crippen LogP contribution < -0.4 is 0 Å². The van der Waals surface area contributed by atoms with Gasteiger partial charge in [0.25, 0.3) is 11.8 Å². The number of unbranched alkanes of at least 4 members (excludes halogenated alkanes) is 1. The van der Waals surface area contributed by atoms with Crippen molar-refractivity contribution in [1.82, 2.24) is 5.06 Å². The molecule has 0 spiro atoms. The number of hydrogen-bond donors (Lipinski definition) is 0. The molecule has 11 heteroatoms. The molecule has 0 saturated heterocycles. The molecule has 2 amide bonds. The number of imide groups is 1. The number of carbonyl (C=O) groups excluding carboxylic acids is 2. The van der Waals surface area contributed by atoms with Crippen molar-refractivity contribution >= 4 is 44.5 Å². The minimum Gasteiger partial charge on any atom is -0.266 e. The first-order valence-electron chi connectivity index (χ1n) is 8.16. The summed E-state index contributed by atoms with van der Waals surface area (Å²) in [7, 11) is -6.18. The Morgan fingerprint density at radius 1 is 1.07 bits per heavy atom. The lowest BCUT2D eigenvalue weighted by atomic mass is 9.95. The van der Waals surface area contributed by atoms with Gasteiger partial charge in [0.05, 0.1) is 11.1 Å². The Kier molecular flexibility index (Phi) is 5.43. The highest BCUT2D eigenvalue weighted by atomic mass is 32.2. The van der Waals surface area contributed by atoms with Crippen molar-refractivity contribution in [2.75, 3.05) is 5.75 Å². The molecule has 28 heavy (non-hydrogen) atoms. The Hall–Kier alpha value is -2.11. The molecular formula is C17H14F3NO5S2. The fourth-order valence-corrected chi connectivity index (χ4v) is 4.27. The number of halogens is 3. The lowest BCUT2D eigenvalue weighted by molar-refractivity contribution is -0.0761. The molecular weight excluding hydrogens is 419 g/mol. The quantitative estimate of drug-likeness (QED) is 0.295. The third kappa shape index (κ3) is 3.49. The van der Waals surface area contributed by atoms with Gasteiger partial charge in [-0.3, -0.25) is 9.59 Å². The number of carbonyl (C=O) groups is 2. The van der Waals surface area contributed by atoms with E-state index in [-0.39, 0.29) is 21.6 Å². The smallest absolute Gasteiger partial charge is 0.266 e. The highest BCUT2D eigenvalue weighted by Gasteiger charge is 2.51. The van der Waals surface area contributed by atoms with Gasteiger partial charge in [0.2, 0.25) is 0 Å². The van der Waals surface area contributed by atoms with Gasteiger partial charge in [-0.15, -0.1) is 21.1 Å². The summed E-state index contributed by atoms with van der Waals surface area (Å²) in [6.07, 6.45) is 1.95. The predicted octanol–water partition coefficient (Wildman–Crippen LogP) is 4.11. The van der Waals surface area contributed by atoms with Crippen molar-refractivity contribution in [3.8, 4) is 0 Å². The highest BCUT2D eigenvalue weighted by Crippen LogP contribution is 2.37. The second kappa shape index (κ2) is 7.37. The molecule has 0 aliphatic carbocycles. The molecule has 0 aromatic heterocycles. The molecule has 1 heterocycles. The zero-order valence-corrected chi connectivity index (χ0v) is 16.1. The molecule has 1 aliphatic heterocycles. The van der Waals surface area contributed by atoms with Gasteiger partial charge in [0.1, 0.15) is 0 Å². The first-order chi connectivity index (χ1) is 13.1. The van der Waals surface area contributed by atoms with Crippen LogP contribution in [-0.2, 0) is 14.4 Å². The van der Waals surface area contributed by atoms with Gasteiger partial charge < -0.3 is 0 Å². The minimum absolute atomic E-state index is 0.109. The van der Waals surface area contributed by atoms with E-state index in [2.05, 4.69) is 4.28 Å². The summed E-state index contributed by atoms with van der Waals surface area (Å²) in [5.41, 5.74) is -6.00. The maximum atomic E-state index is 12.6. The number of nitrogens with zero attached hydrogens (tertiary/aromatic N) is 1. The molecule has 1 aliphatic rings. The van der Waals surface area contributed by atoms with Crippen LogP contribution in [0.25, 0.3) is 10.8 Å². The van der Waals surface area contributed by atoms with Crippen molar-refractivity contribution in [1.29, 1.82) is 0 Å². The summed E-state index contributed by atoms with van der Waals surface area (Å²) in [4.78, 5) is 25.9. The van der Waals surface area contributed by atoms with Crippen LogP contribution in [-0.4, -0.2) is 36.6 Å². The van der Waals surface area contributed by atoms with Gasteiger partial charge in [-0.2, -0.15) is 21.6 Å². The summed E-state index contributed by atoms with van der Waals surface area (Å²) in [6.45, 7) is 2.04. The van der Waals surface area contributed by atoms with Crippen molar-refractivity contribution < 1.29 is 35.5 Å². The van der Waals surface area contributed by atoms with Crippen molar-refractivity contribution in [3.05, 3.63) is 41.5 Å². The van der Waals surface area contributed by atoms with Gasteiger partial charge >= 0.3 is 15.6 Å². The monoisotopic (exact) mass is 433 g/mol. The van der Waals surface area contributed by atoms with Crippen LogP contribution in [0.2, 0.25) is 0 Å². The number of rotatable bonds is 6. The fraction of sp³-hybridized carbons (Fsp3) is 0.294. The molecule has 6 nitrogen and oxygen atoms in total. The molecule has 0 atom stereocenters. The first-order valence-corrected chi connectivity index (χ1v) is 10.6. The summed E-state index contributed by atoms with van der Waals surface area (Å²) < 4.78 is 64.2.